The maximum atomic E-state index is 12.4. The first kappa shape index (κ1) is 25.0. The lowest BCUT2D eigenvalue weighted by Gasteiger charge is -2.23. The van der Waals surface area contributed by atoms with Gasteiger partial charge in [0.1, 0.15) is 18.6 Å². The van der Waals surface area contributed by atoms with E-state index < -0.39 is 60.8 Å². The minimum Gasteiger partial charge on any atom is -0.481 e. The van der Waals surface area contributed by atoms with Crippen molar-refractivity contribution in [1.82, 2.24) is 16.0 Å². The lowest BCUT2D eigenvalue weighted by atomic mass is 10.1. The van der Waals surface area contributed by atoms with Crippen molar-refractivity contribution in [3.05, 3.63) is 0 Å². The monoisotopic (exact) mass is 424 g/mol. The molecule has 0 rings (SSSR count). The van der Waals surface area contributed by atoms with E-state index in [1.54, 1.807) is 6.26 Å². The molecule has 0 bridgehead atoms. The van der Waals surface area contributed by atoms with Gasteiger partial charge in [-0.3, -0.25) is 24.0 Å². The Labute approximate surface area is 165 Å². The molecule has 0 saturated heterocycles. The number of carboxylic acid groups (broad SMARTS) is 2. The van der Waals surface area contributed by atoms with Crippen LogP contribution in [0.4, 0.5) is 0 Å². The number of thiol groups is 1. The topological polar surface area (TPSA) is 188 Å². The highest BCUT2D eigenvalue weighted by atomic mass is 32.2. The van der Waals surface area contributed by atoms with Gasteiger partial charge in [0.05, 0.1) is 12.5 Å². The van der Waals surface area contributed by atoms with Crippen molar-refractivity contribution in [2.75, 3.05) is 24.3 Å². The maximum Gasteiger partial charge on any atom is 0.322 e. The Morgan fingerprint density at radius 2 is 1.59 bits per heavy atom. The summed E-state index contributed by atoms with van der Waals surface area (Å²) in [7, 11) is 0. The molecule has 27 heavy (non-hydrogen) atoms. The number of carbonyl (C=O) groups excluding carboxylic acids is 3. The highest BCUT2D eigenvalue weighted by molar-refractivity contribution is 7.98. The summed E-state index contributed by atoms with van der Waals surface area (Å²) in [5.41, 5.74) is 5.49. The van der Waals surface area contributed by atoms with E-state index >= 15 is 0 Å². The molecule has 7 N–H and O–H groups in total. The molecule has 0 aliphatic heterocycles. The molecular weight excluding hydrogens is 400 g/mol. The van der Waals surface area contributed by atoms with Gasteiger partial charge in [-0.25, -0.2) is 0 Å². The van der Waals surface area contributed by atoms with Crippen molar-refractivity contribution in [2.45, 2.75) is 31.0 Å². The summed E-state index contributed by atoms with van der Waals surface area (Å²) in [6, 6.07) is -3.58. The summed E-state index contributed by atoms with van der Waals surface area (Å²) in [4.78, 5) is 57.8. The summed E-state index contributed by atoms with van der Waals surface area (Å²) in [6.45, 7) is -0.628. The zero-order chi connectivity index (χ0) is 21.0. The number of carboxylic acids is 2. The summed E-state index contributed by atoms with van der Waals surface area (Å²) < 4.78 is 0. The van der Waals surface area contributed by atoms with Gasteiger partial charge >= 0.3 is 11.9 Å². The van der Waals surface area contributed by atoms with Crippen molar-refractivity contribution in [2.24, 2.45) is 5.73 Å². The quantitative estimate of drug-likeness (QED) is 0.159. The van der Waals surface area contributed by atoms with Gasteiger partial charge in [0.15, 0.2) is 0 Å². The SMILES string of the molecule is CSCCC(NC(=O)C(CC(=O)O)NC(=O)C(N)CS)C(=O)NCC(=O)O. The second-order valence-corrected chi connectivity index (χ2v) is 6.75. The maximum absolute atomic E-state index is 12.4. The van der Waals surface area contributed by atoms with Crippen LogP contribution in [0.5, 0.6) is 0 Å². The highest BCUT2D eigenvalue weighted by Gasteiger charge is 2.29. The zero-order valence-electron chi connectivity index (χ0n) is 14.6. The number of nitrogens with one attached hydrogen (secondary N) is 3. The lowest BCUT2D eigenvalue weighted by Crippen LogP contribution is -2.56. The van der Waals surface area contributed by atoms with Crippen molar-refractivity contribution in [1.29, 1.82) is 0 Å². The Bertz CT molecular complexity index is 562. The average Bonchev–Trinajstić information content (AvgIpc) is 2.60. The van der Waals surface area contributed by atoms with E-state index in [1.807, 2.05) is 0 Å². The van der Waals surface area contributed by atoms with Gasteiger partial charge in [-0.1, -0.05) is 0 Å². The number of nitrogens with two attached hydrogens (primary N) is 1. The number of thioether (sulfide) groups is 1. The molecular formula is C14H24N4O7S2. The molecule has 3 amide bonds. The van der Waals surface area contributed by atoms with Gasteiger partial charge in [-0.2, -0.15) is 24.4 Å². The molecule has 0 fully saturated rings. The zero-order valence-corrected chi connectivity index (χ0v) is 16.3. The van der Waals surface area contributed by atoms with Crippen LogP contribution in [0, 0.1) is 0 Å². The molecule has 11 nitrogen and oxygen atoms in total. The van der Waals surface area contributed by atoms with E-state index in [0.29, 0.717) is 5.75 Å². The minimum absolute atomic E-state index is 0.0127. The van der Waals surface area contributed by atoms with Gasteiger partial charge in [-0.15, -0.1) is 0 Å². The van der Waals surface area contributed by atoms with E-state index in [2.05, 4.69) is 28.6 Å². The van der Waals surface area contributed by atoms with E-state index in [1.165, 1.54) is 11.8 Å². The van der Waals surface area contributed by atoms with E-state index in [-0.39, 0.29) is 12.2 Å². The van der Waals surface area contributed by atoms with Crippen LogP contribution < -0.4 is 21.7 Å². The second-order valence-electron chi connectivity index (χ2n) is 5.40. The third-order valence-corrected chi connectivity index (χ3v) is 4.24. The first-order valence-electron chi connectivity index (χ1n) is 7.79. The molecule has 0 aromatic carbocycles. The molecule has 0 saturated carbocycles. The smallest absolute Gasteiger partial charge is 0.322 e. The van der Waals surface area contributed by atoms with Crippen molar-refractivity contribution < 1.29 is 34.2 Å². The van der Waals surface area contributed by atoms with Crippen LogP contribution in [-0.4, -0.2) is 82.3 Å². The summed E-state index contributed by atoms with van der Waals surface area (Å²) in [6.07, 6.45) is 1.24. The molecule has 3 atom stereocenters. The molecule has 0 spiro atoms. The number of carbonyl (C=O) groups is 5. The molecule has 0 heterocycles. The summed E-state index contributed by atoms with van der Waals surface area (Å²) in [5, 5.41) is 24.3. The Hall–Kier alpha value is -1.99. The largest absolute Gasteiger partial charge is 0.481 e. The Kier molecular flexibility index (Phi) is 12.2. The highest BCUT2D eigenvalue weighted by Crippen LogP contribution is 2.03. The summed E-state index contributed by atoms with van der Waals surface area (Å²) in [5.74, 6) is -4.52. The number of hydrogen-bond donors (Lipinski definition) is 7. The normalized spacial score (nSPS) is 13.7. The molecule has 0 aromatic heterocycles. The van der Waals surface area contributed by atoms with Crippen molar-refractivity contribution in [3.63, 3.8) is 0 Å². The van der Waals surface area contributed by atoms with E-state index in [9.17, 15) is 24.0 Å². The summed E-state index contributed by atoms with van der Waals surface area (Å²) >= 11 is 5.25. The van der Waals surface area contributed by atoms with Crippen molar-refractivity contribution in [3.8, 4) is 0 Å². The van der Waals surface area contributed by atoms with Gasteiger partial charge in [0.25, 0.3) is 0 Å². The number of rotatable bonds is 13. The Balaban J connectivity index is 5.15. The van der Waals surface area contributed by atoms with Crippen LogP contribution in [0.1, 0.15) is 12.8 Å². The molecule has 0 aliphatic carbocycles. The number of amides is 3. The fourth-order valence-electron chi connectivity index (χ4n) is 1.81. The van der Waals surface area contributed by atoms with Gasteiger partial charge in [-0.05, 0) is 18.4 Å². The standard InChI is InChI=1S/C14H24N4O7S2/c1-27-3-2-8(13(24)16-5-11(21)22)17-14(25)9(4-10(19)20)18-12(23)7(15)6-26/h7-9,26H,2-6,15H2,1H3,(H,16,24)(H,17,25)(H,18,23)(H,19,20)(H,21,22). The third-order valence-electron chi connectivity index (χ3n) is 3.20. The molecule has 154 valence electrons. The lowest BCUT2D eigenvalue weighted by molar-refractivity contribution is -0.141. The molecule has 0 radical (unpaired) electrons. The van der Waals surface area contributed by atoms with Gasteiger partial charge in [0.2, 0.25) is 17.7 Å². The molecule has 3 unspecified atom stereocenters. The van der Waals surface area contributed by atoms with Crippen LogP contribution in [0.15, 0.2) is 0 Å². The Morgan fingerprint density at radius 3 is 2.07 bits per heavy atom. The number of aliphatic carboxylic acids is 2. The molecule has 0 aliphatic rings. The third kappa shape index (κ3) is 10.7. The minimum atomic E-state index is -1.45. The molecule has 13 heteroatoms. The fourth-order valence-corrected chi connectivity index (χ4v) is 2.45. The van der Waals surface area contributed by atoms with E-state index in [4.69, 9.17) is 15.9 Å². The predicted octanol–water partition coefficient (Wildman–Crippen LogP) is -2.36. The van der Waals surface area contributed by atoms with Crippen LogP contribution in [-0.2, 0) is 24.0 Å². The first-order chi connectivity index (χ1) is 12.6. The van der Waals surface area contributed by atoms with E-state index in [0.717, 1.165) is 0 Å². The first-order valence-corrected chi connectivity index (χ1v) is 9.82. The van der Waals surface area contributed by atoms with Crippen LogP contribution >= 0.6 is 24.4 Å². The van der Waals surface area contributed by atoms with Gasteiger partial charge < -0.3 is 31.9 Å². The second kappa shape index (κ2) is 13.2. The van der Waals surface area contributed by atoms with Crippen molar-refractivity contribution >= 4 is 54.1 Å². The number of hydrogen-bond acceptors (Lipinski definition) is 8. The van der Waals surface area contributed by atoms with Crippen LogP contribution in [0.2, 0.25) is 0 Å². The van der Waals surface area contributed by atoms with Crippen LogP contribution in [0.25, 0.3) is 0 Å². The van der Waals surface area contributed by atoms with Gasteiger partial charge in [0, 0.05) is 5.75 Å². The fraction of sp³-hybridized carbons (Fsp3) is 0.643. The average molecular weight is 425 g/mol. The van der Waals surface area contributed by atoms with Crippen LogP contribution in [0.3, 0.4) is 0 Å². The Morgan fingerprint density at radius 1 is 1.00 bits per heavy atom. The predicted molar refractivity (Wildman–Crippen MR) is 102 cm³/mol. The molecule has 0 aromatic rings.